The van der Waals surface area contributed by atoms with Crippen molar-refractivity contribution in [2.24, 2.45) is 17.6 Å². The van der Waals surface area contributed by atoms with E-state index in [4.69, 9.17) is 5.73 Å². The van der Waals surface area contributed by atoms with E-state index in [-0.39, 0.29) is 0 Å². The average Bonchev–Trinajstić information content (AvgIpc) is 2.47. The van der Waals surface area contributed by atoms with Crippen LogP contribution in [0, 0.1) is 11.8 Å². The summed E-state index contributed by atoms with van der Waals surface area (Å²) in [6, 6.07) is 0.484. The molecule has 2 rings (SSSR count). The molecule has 2 aliphatic rings. The first kappa shape index (κ1) is 17.2. The second-order valence-corrected chi connectivity index (χ2v) is 8.79. The van der Waals surface area contributed by atoms with Crippen molar-refractivity contribution in [1.29, 1.82) is 0 Å². The summed E-state index contributed by atoms with van der Waals surface area (Å²) in [5.74, 6) is 1.27. The highest BCUT2D eigenvalue weighted by atomic mass is 32.2. The van der Waals surface area contributed by atoms with Crippen LogP contribution in [0.1, 0.15) is 39.0 Å². The predicted molar refractivity (Wildman–Crippen MR) is 86.6 cm³/mol. The fourth-order valence-corrected chi connectivity index (χ4v) is 4.79. The molecule has 2 N–H and O–H groups in total. The highest BCUT2D eigenvalue weighted by molar-refractivity contribution is 7.88. The van der Waals surface area contributed by atoms with Crippen LogP contribution in [0.15, 0.2) is 0 Å². The van der Waals surface area contributed by atoms with E-state index in [1.807, 2.05) is 0 Å². The lowest BCUT2D eigenvalue weighted by Crippen LogP contribution is -2.50. The van der Waals surface area contributed by atoms with Crippen molar-refractivity contribution in [2.45, 2.75) is 45.1 Å². The van der Waals surface area contributed by atoms with Gasteiger partial charge in [0.25, 0.3) is 0 Å². The number of rotatable bonds is 5. The summed E-state index contributed by atoms with van der Waals surface area (Å²) >= 11 is 0. The molecule has 2 aliphatic heterocycles. The summed E-state index contributed by atoms with van der Waals surface area (Å²) in [6.07, 6.45) is 7.15. The van der Waals surface area contributed by atoms with Crippen molar-refractivity contribution in [2.75, 3.05) is 39.0 Å². The number of hydrogen-bond donors (Lipinski definition) is 1. The molecule has 2 fully saturated rings. The first-order chi connectivity index (χ1) is 9.94. The van der Waals surface area contributed by atoms with Gasteiger partial charge in [-0.3, -0.25) is 4.90 Å². The SMILES string of the molecule is CCC1CCN(CC2CCCN(S(C)(=O)=O)C2)C(CN)C1. The number of sulfonamides is 1. The van der Waals surface area contributed by atoms with Crippen LogP contribution < -0.4 is 5.73 Å². The molecule has 0 aromatic rings. The molecule has 5 nitrogen and oxygen atoms in total. The normalized spacial score (nSPS) is 33.2. The Balaban J connectivity index is 1.91. The van der Waals surface area contributed by atoms with Gasteiger partial charge in [-0.1, -0.05) is 13.3 Å². The third-order valence-corrected chi connectivity index (χ3v) is 6.51. The summed E-state index contributed by atoms with van der Waals surface area (Å²) in [5.41, 5.74) is 5.96. The average molecular weight is 317 g/mol. The summed E-state index contributed by atoms with van der Waals surface area (Å²) < 4.78 is 25.1. The smallest absolute Gasteiger partial charge is 0.211 e. The molecule has 3 atom stereocenters. The first-order valence-electron chi connectivity index (χ1n) is 8.33. The van der Waals surface area contributed by atoms with Crippen LogP contribution >= 0.6 is 0 Å². The van der Waals surface area contributed by atoms with Crippen molar-refractivity contribution in [3.05, 3.63) is 0 Å². The van der Waals surface area contributed by atoms with E-state index >= 15 is 0 Å². The fraction of sp³-hybridized carbons (Fsp3) is 1.00. The molecule has 0 saturated carbocycles. The van der Waals surface area contributed by atoms with E-state index in [9.17, 15) is 8.42 Å². The summed E-state index contributed by atoms with van der Waals surface area (Å²) in [6.45, 7) is 6.48. The highest BCUT2D eigenvalue weighted by Crippen LogP contribution is 2.27. The molecule has 2 saturated heterocycles. The Bertz CT molecular complexity index is 427. The Morgan fingerprint density at radius 2 is 1.95 bits per heavy atom. The maximum atomic E-state index is 11.7. The molecule has 3 unspecified atom stereocenters. The van der Waals surface area contributed by atoms with Crippen molar-refractivity contribution in [3.63, 3.8) is 0 Å². The number of piperidine rings is 2. The molecule has 0 spiro atoms. The largest absolute Gasteiger partial charge is 0.329 e. The van der Waals surface area contributed by atoms with Crippen molar-refractivity contribution in [3.8, 4) is 0 Å². The second kappa shape index (κ2) is 7.40. The fourth-order valence-electron chi connectivity index (χ4n) is 3.85. The number of hydrogen-bond acceptors (Lipinski definition) is 4. The van der Waals surface area contributed by atoms with Crippen molar-refractivity contribution >= 4 is 10.0 Å². The molecule has 0 aromatic carbocycles. The van der Waals surface area contributed by atoms with Crippen molar-refractivity contribution in [1.82, 2.24) is 9.21 Å². The Morgan fingerprint density at radius 1 is 1.19 bits per heavy atom. The van der Waals surface area contributed by atoms with Gasteiger partial charge in [-0.05, 0) is 44.1 Å². The Morgan fingerprint density at radius 3 is 2.57 bits per heavy atom. The minimum atomic E-state index is -3.04. The van der Waals surface area contributed by atoms with Gasteiger partial charge in [0.1, 0.15) is 0 Å². The Hall–Kier alpha value is -0.170. The lowest BCUT2D eigenvalue weighted by Gasteiger charge is -2.42. The van der Waals surface area contributed by atoms with Gasteiger partial charge in [0.05, 0.1) is 6.26 Å². The maximum absolute atomic E-state index is 11.7. The lowest BCUT2D eigenvalue weighted by atomic mass is 9.87. The Kier molecular flexibility index (Phi) is 6.05. The van der Waals surface area contributed by atoms with Gasteiger partial charge in [0.15, 0.2) is 0 Å². The van der Waals surface area contributed by atoms with E-state index in [1.54, 1.807) is 4.31 Å². The number of likely N-dealkylation sites (tertiary alicyclic amines) is 1. The van der Waals surface area contributed by atoms with E-state index in [1.165, 1.54) is 25.5 Å². The second-order valence-electron chi connectivity index (χ2n) is 6.81. The van der Waals surface area contributed by atoms with E-state index < -0.39 is 10.0 Å². The summed E-state index contributed by atoms with van der Waals surface area (Å²) in [4.78, 5) is 2.52. The monoisotopic (exact) mass is 317 g/mol. The zero-order valence-corrected chi connectivity index (χ0v) is 14.3. The molecular weight excluding hydrogens is 286 g/mol. The van der Waals surface area contributed by atoms with Crippen LogP contribution in [0.25, 0.3) is 0 Å². The molecule has 21 heavy (non-hydrogen) atoms. The number of nitrogens with two attached hydrogens (primary N) is 1. The van der Waals surface area contributed by atoms with Crippen molar-refractivity contribution < 1.29 is 8.42 Å². The van der Waals surface area contributed by atoms with Crippen LogP contribution in [0.2, 0.25) is 0 Å². The highest BCUT2D eigenvalue weighted by Gasteiger charge is 2.31. The third kappa shape index (κ3) is 4.65. The van der Waals surface area contributed by atoms with Gasteiger partial charge in [-0.15, -0.1) is 0 Å². The molecule has 0 amide bonds. The molecule has 0 aliphatic carbocycles. The van der Waals surface area contributed by atoms with E-state index in [0.29, 0.717) is 25.0 Å². The molecule has 0 aromatic heterocycles. The van der Waals surface area contributed by atoms with E-state index in [0.717, 1.165) is 38.4 Å². The predicted octanol–water partition coefficient (Wildman–Crippen LogP) is 1.11. The quantitative estimate of drug-likeness (QED) is 0.825. The molecular formula is C15H31N3O2S. The zero-order chi connectivity index (χ0) is 15.5. The van der Waals surface area contributed by atoms with Crippen LogP contribution in [-0.4, -0.2) is 62.6 Å². The molecule has 124 valence electrons. The van der Waals surface area contributed by atoms with Gasteiger partial charge < -0.3 is 5.73 Å². The number of nitrogens with zero attached hydrogens (tertiary/aromatic N) is 2. The van der Waals surface area contributed by atoms with Crippen LogP contribution in [0.3, 0.4) is 0 Å². The van der Waals surface area contributed by atoms with Crippen LogP contribution in [0.4, 0.5) is 0 Å². The van der Waals surface area contributed by atoms with Gasteiger partial charge in [-0.25, -0.2) is 12.7 Å². The molecule has 0 bridgehead atoms. The van der Waals surface area contributed by atoms with E-state index in [2.05, 4.69) is 11.8 Å². The zero-order valence-electron chi connectivity index (χ0n) is 13.5. The molecule has 6 heteroatoms. The van der Waals surface area contributed by atoms with Gasteiger partial charge in [0.2, 0.25) is 10.0 Å². The minimum absolute atomic E-state index is 0.459. The van der Waals surface area contributed by atoms with Crippen LogP contribution in [-0.2, 0) is 10.0 Å². The third-order valence-electron chi connectivity index (χ3n) is 5.24. The standard InChI is InChI=1S/C15H31N3O2S/c1-3-13-6-8-17(15(9-13)10-16)11-14-5-4-7-18(12-14)21(2,19)20/h13-15H,3-12,16H2,1-2H3. The van der Waals surface area contributed by atoms with Gasteiger partial charge in [-0.2, -0.15) is 0 Å². The lowest BCUT2D eigenvalue weighted by molar-refractivity contribution is 0.0834. The summed E-state index contributed by atoms with van der Waals surface area (Å²) in [7, 11) is -3.04. The summed E-state index contributed by atoms with van der Waals surface area (Å²) in [5, 5.41) is 0. The molecule has 2 heterocycles. The topological polar surface area (TPSA) is 66.6 Å². The minimum Gasteiger partial charge on any atom is -0.329 e. The van der Waals surface area contributed by atoms with Crippen LogP contribution in [0.5, 0.6) is 0 Å². The first-order valence-corrected chi connectivity index (χ1v) is 10.2. The maximum Gasteiger partial charge on any atom is 0.211 e. The molecule has 0 radical (unpaired) electrons. The van der Waals surface area contributed by atoms with Gasteiger partial charge in [0, 0.05) is 32.2 Å². The van der Waals surface area contributed by atoms with Gasteiger partial charge >= 0.3 is 0 Å². The Labute approximate surface area is 129 Å².